The average molecular weight is 336 g/mol. The molecule has 0 spiro atoms. The van der Waals surface area contributed by atoms with Crippen molar-refractivity contribution in [2.24, 2.45) is 0 Å². The third kappa shape index (κ3) is 3.08. The lowest BCUT2D eigenvalue weighted by atomic mass is 10.1. The zero-order valence-corrected chi connectivity index (χ0v) is 12.7. The normalized spacial score (nSPS) is 10.2. The number of pyridine rings is 1. The number of anilines is 2. The fourth-order valence-electron chi connectivity index (χ4n) is 1.73. The molecule has 104 valence electrons. The van der Waals surface area contributed by atoms with Gasteiger partial charge < -0.3 is 15.8 Å². The minimum atomic E-state index is -0.294. The molecule has 0 saturated carbocycles. The molecule has 1 aromatic heterocycles. The zero-order chi connectivity index (χ0) is 14.7. The Bertz CT molecular complexity index is 659. The van der Waals surface area contributed by atoms with E-state index in [-0.39, 0.29) is 5.91 Å². The van der Waals surface area contributed by atoms with Crippen molar-refractivity contribution in [2.75, 3.05) is 18.2 Å². The van der Waals surface area contributed by atoms with E-state index in [1.54, 1.807) is 24.4 Å². The van der Waals surface area contributed by atoms with Gasteiger partial charge >= 0.3 is 0 Å². The van der Waals surface area contributed by atoms with Crippen molar-refractivity contribution in [2.45, 2.75) is 6.92 Å². The van der Waals surface area contributed by atoms with Crippen LogP contribution in [0.2, 0.25) is 0 Å². The van der Waals surface area contributed by atoms with Crippen LogP contribution in [0.15, 0.2) is 35.1 Å². The quantitative estimate of drug-likeness (QED) is 0.667. The largest absolute Gasteiger partial charge is 0.496 e. The summed E-state index contributed by atoms with van der Waals surface area (Å²) in [6.07, 6.45) is 1.58. The maximum Gasteiger partial charge on any atom is 0.259 e. The lowest BCUT2D eigenvalue weighted by Gasteiger charge is -2.10. The maximum atomic E-state index is 12.3. The van der Waals surface area contributed by atoms with Gasteiger partial charge in [0.25, 0.3) is 5.91 Å². The van der Waals surface area contributed by atoms with E-state index >= 15 is 0 Å². The molecule has 0 aliphatic rings. The Balaban J connectivity index is 2.27. The molecule has 0 aliphatic heterocycles. The van der Waals surface area contributed by atoms with Crippen molar-refractivity contribution in [1.29, 1.82) is 0 Å². The van der Waals surface area contributed by atoms with Crippen molar-refractivity contribution in [3.05, 3.63) is 46.2 Å². The van der Waals surface area contributed by atoms with Crippen LogP contribution in [-0.4, -0.2) is 18.0 Å². The van der Waals surface area contributed by atoms with Gasteiger partial charge in [0.1, 0.15) is 10.4 Å². The Kier molecular flexibility index (Phi) is 4.24. The van der Waals surface area contributed by atoms with Gasteiger partial charge in [0.05, 0.1) is 24.6 Å². The number of hydrogen-bond donors (Lipinski definition) is 2. The van der Waals surface area contributed by atoms with Crippen molar-refractivity contribution >= 4 is 33.2 Å². The van der Waals surface area contributed by atoms with E-state index in [0.717, 1.165) is 10.2 Å². The number of aryl methyl sites for hydroxylation is 1. The second-order valence-electron chi connectivity index (χ2n) is 4.25. The number of carbonyl (C=O) groups is 1. The first-order valence-electron chi connectivity index (χ1n) is 5.88. The Labute approximate surface area is 125 Å². The predicted octanol–water partition coefficient (Wildman–Crippen LogP) is 3.00. The number of amides is 1. The van der Waals surface area contributed by atoms with Gasteiger partial charge in [0.15, 0.2) is 0 Å². The number of nitrogens with one attached hydrogen (secondary N) is 1. The molecular formula is C14H14BrN3O2. The van der Waals surface area contributed by atoms with Gasteiger partial charge in [-0.05, 0) is 52.7 Å². The van der Waals surface area contributed by atoms with Crippen molar-refractivity contribution in [1.82, 2.24) is 4.98 Å². The topological polar surface area (TPSA) is 77.2 Å². The summed E-state index contributed by atoms with van der Waals surface area (Å²) in [6, 6.07) is 6.75. The molecule has 6 heteroatoms. The Hall–Kier alpha value is -2.08. The number of ether oxygens (including phenoxy) is 1. The Morgan fingerprint density at radius 1 is 1.40 bits per heavy atom. The number of nitrogens with two attached hydrogens (primary N) is 1. The molecule has 0 aliphatic carbocycles. The third-order valence-corrected chi connectivity index (χ3v) is 3.57. The first-order valence-corrected chi connectivity index (χ1v) is 6.67. The standard InChI is InChI=1S/C14H14BrN3O2/c1-8-5-10(7-17-13(8)15)18-14(19)11-6-9(16)3-4-12(11)20-2/h3-7H,16H2,1-2H3,(H,18,19). The fourth-order valence-corrected chi connectivity index (χ4v) is 1.94. The van der Waals surface area contributed by atoms with Crippen LogP contribution in [0.25, 0.3) is 0 Å². The van der Waals surface area contributed by atoms with E-state index in [2.05, 4.69) is 26.2 Å². The van der Waals surface area contributed by atoms with Crippen molar-refractivity contribution < 1.29 is 9.53 Å². The molecule has 0 bridgehead atoms. The number of halogens is 1. The maximum absolute atomic E-state index is 12.3. The molecule has 2 aromatic rings. The number of aromatic nitrogens is 1. The van der Waals surface area contributed by atoms with Gasteiger partial charge in [0.2, 0.25) is 0 Å². The van der Waals surface area contributed by atoms with Crippen LogP contribution >= 0.6 is 15.9 Å². The summed E-state index contributed by atoms with van der Waals surface area (Å²) in [5.41, 5.74) is 8.13. The summed E-state index contributed by atoms with van der Waals surface area (Å²) in [4.78, 5) is 16.4. The lowest BCUT2D eigenvalue weighted by Crippen LogP contribution is -2.14. The molecule has 3 N–H and O–H groups in total. The van der Waals surface area contributed by atoms with Crippen molar-refractivity contribution in [3.63, 3.8) is 0 Å². The van der Waals surface area contributed by atoms with Crippen LogP contribution < -0.4 is 15.8 Å². The van der Waals surface area contributed by atoms with E-state index < -0.39 is 0 Å². The van der Waals surface area contributed by atoms with Crippen molar-refractivity contribution in [3.8, 4) is 5.75 Å². The van der Waals surface area contributed by atoms with E-state index in [9.17, 15) is 4.79 Å². The van der Waals surface area contributed by atoms with Gasteiger partial charge in [0, 0.05) is 5.69 Å². The summed E-state index contributed by atoms with van der Waals surface area (Å²) in [5, 5.41) is 2.77. The Morgan fingerprint density at radius 3 is 2.80 bits per heavy atom. The molecule has 20 heavy (non-hydrogen) atoms. The summed E-state index contributed by atoms with van der Waals surface area (Å²) in [6.45, 7) is 1.90. The number of hydrogen-bond acceptors (Lipinski definition) is 4. The molecule has 0 atom stereocenters. The van der Waals surface area contributed by atoms with Crippen LogP contribution in [0.3, 0.4) is 0 Å². The lowest BCUT2D eigenvalue weighted by molar-refractivity contribution is 0.102. The predicted molar refractivity (Wildman–Crippen MR) is 82.0 cm³/mol. The third-order valence-electron chi connectivity index (χ3n) is 2.74. The highest BCUT2D eigenvalue weighted by molar-refractivity contribution is 9.10. The summed E-state index contributed by atoms with van der Waals surface area (Å²) in [5.74, 6) is 0.177. The zero-order valence-electron chi connectivity index (χ0n) is 11.1. The smallest absolute Gasteiger partial charge is 0.259 e. The Morgan fingerprint density at radius 2 is 2.15 bits per heavy atom. The van der Waals surface area contributed by atoms with E-state index in [1.807, 2.05) is 13.0 Å². The minimum absolute atomic E-state index is 0.294. The number of nitrogen functional groups attached to an aromatic ring is 1. The van der Waals surface area contributed by atoms with E-state index in [4.69, 9.17) is 10.5 Å². The number of nitrogens with zero attached hydrogens (tertiary/aromatic N) is 1. The molecule has 0 saturated heterocycles. The summed E-state index contributed by atoms with van der Waals surface area (Å²) >= 11 is 3.31. The fraction of sp³-hybridized carbons (Fsp3) is 0.143. The molecule has 1 amide bonds. The number of methoxy groups -OCH3 is 1. The van der Waals surface area contributed by atoms with Gasteiger partial charge in [-0.15, -0.1) is 0 Å². The summed E-state index contributed by atoms with van der Waals surface area (Å²) < 4.78 is 5.91. The number of rotatable bonds is 3. The average Bonchev–Trinajstić information content (AvgIpc) is 2.43. The minimum Gasteiger partial charge on any atom is -0.496 e. The molecule has 0 unspecified atom stereocenters. The molecule has 5 nitrogen and oxygen atoms in total. The SMILES string of the molecule is COc1ccc(N)cc1C(=O)Nc1cnc(Br)c(C)c1. The van der Waals surface area contributed by atoms with Gasteiger partial charge in [-0.3, -0.25) is 4.79 Å². The van der Waals surface area contributed by atoms with Crippen LogP contribution in [0, 0.1) is 6.92 Å². The highest BCUT2D eigenvalue weighted by atomic mass is 79.9. The highest BCUT2D eigenvalue weighted by Crippen LogP contribution is 2.23. The highest BCUT2D eigenvalue weighted by Gasteiger charge is 2.13. The molecular weight excluding hydrogens is 322 g/mol. The molecule has 2 rings (SSSR count). The number of benzene rings is 1. The van der Waals surface area contributed by atoms with Gasteiger partial charge in [-0.1, -0.05) is 0 Å². The molecule has 0 radical (unpaired) electrons. The molecule has 1 heterocycles. The molecule has 0 fully saturated rings. The summed E-state index contributed by atoms with van der Waals surface area (Å²) in [7, 11) is 1.51. The number of carbonyl (C=O) groups excluding carboxylic acids is 1. The van der Waals surface area contributed by atoms with E-state index in [1.165, 1.54) is 7.11 Å². The van der Waals surface area contributed by atoms with Crippen LogP contribution in [0.4, 0.5) is 11.4 Å². The first-order chi connectivity index (χ1) is 9.51. The second-order valence-corrected chi connectivity index (χ2v) is 5.00. The van der Waals surface area contributed by atoms with Gasteiger partial charge in [-0.2, -0.15) is 0 Å². The van der Waals surface area contributed by atoms with Crippen LogP contribution in [-0.2, 0) is 0 Å². The van der Waals surface area contributed by atoms with Crippen LogP contribution in [0.1, 0.15) is 15.9 Å². The van der Waals surface area contributed by atoms with Gasteiger partial charge in [-0.25, -0.2) is 4.98 Å². The first kappa shape index (κ1) is 14.3. The molecule has 1 aromatic carbocycles. The van der Waals surface area contributed by atoms with Crippen LogP contribution in [0.5, 0.6) is 5.75 Å². The van der Waals surface area contributed by atoms with E-state index in [0.29, 0.717) is 22.7 Å². The second kappa shape index (κ2) is 5.92. The monoisotopic (exact) mass is 335 g/mol.